The highest BCUT2D eigenvalue weighted by atomic mass is 16.7. The summed E-state index contributed by atoms with van der Waals surface area (Å²) in [7, 11) is 0. The van der Waals surface area contributed by atoms with Crippen LogP contribution < -0.4 is 9.47 Å². The van der Waals surface area contributed by atoms with E-state index in [9.17, 15) is 15.0 Å². The minimum atomic E-state index is -0.920. The molecule has 26 heavy (non-hydrogen) atoms. The van der Waals surface area contributed by atoms with Gasteiger partial charge in [-0.15, -0.1) is 0 Å². The van der Waals surface area contributed by atoms with Gasteiger partial charge in [-0.2, -0.15) is 0 Å². The first-order valence-corrected chi connectivity index (χ1v) is 8.73. The first-order chi connectivity index (χ1) is 12.6. The predicted octanol–water partition coefficient (Wildman–Crippen LogP) is 2.46. The molecule has 0 aromatic heterocycles. The molecule has 2 heterocycles. The number of aliphatic hydroxyl groups is 1. The number of carboxylic acid groups (broad SMARTS) is 1. The molecule has 0 aliphatic carbocycles. The van der Waals surface area contributed by atoms with Gasteiger partial charge in [0, 0.05) is 19.0 Å². The molecule has 0 amide bonds. The van der Waals surface area contributed by atoms with Crippen LogP contribution in [0.1, 0.15) is 33.8 Å². The third-order valence-electron chi connectivity index (χ3n) is 5.13. The molecule has 2 aromatic rings. The summed E-state index contributed by atoms with van der Waals surface area (Å²) in [6, 6.07) is 12.8. The van der Waals surface area contributed by atoms with Crippen LogP contribution in [0.2, 0.25) is 0 Å². The van der Waals surface area contributed by atoms with Crippen LogP contribution in [0.15, 0.2) is 42.5 Å². The highest BCUT2D eigenvalue weighted by molar-refractivity contribution is 5.89. The number of fused-ring (bicyclic) bond motifs is 1. The van der Waals surface area contributed by atoms with Gasteiger partial charge < -0.3 is 19.7 Å². The highest BCUT2D eigenvalue weighted by Crippen LogP contribution is 2.37. The molecular formula is C20H21NO5. The van der Waals surface area contributed by atoms with Gasteiger partial charge in [0.15, 0.2) is 11.5 Å². The smallest absolute Gasteiger partial charge is 0.336 e. The maximum atomic E-state index is 11.4. The van der Waals surface area contributed by atoms with Gasteiger partial charge in [-0.1, -0.05) is 24.3 Å². The molecule has 0 spiro atoms. The number of carboxylic acids is 1. The second-order valence-corrected chi connectivity index (χ2v) is 6.77. The lowest BCUT2D eigenvalue weighted by molar-refractivity contribution is 0.0472. The van der Waals surface area contributed by atoms with Crippen molar-refractivity contribution in [1.82, 2.24) is 4.90 Å². The number of rotatable bonds is 4. The van der Waals surface area contributed by atoms with Crippen molar-refractivity contribution in [3.63, 3.8) is 0 Å². The zero-order chi connectivity index (χ0) is 18.1. The molecule has 6 heteroatoms. The van der Waals surface area contributed by atoms with E-state index in [-0.39, 0.29) is 12.7 Å². The first kappa shape index (κ1) is 16.9. The van der Waals surface area contributed by atoms with Gasteiger partial charge in [-0.3, -0.25) is 4.90 Å². The van der Waals surface area contributed by atoms with Crippen molar-refractivity contribution in [2.24, 2.45) is 0 Å². The molecule has 0 unspecified atom stereocenters. The van der Waals surface area contributed by atoms with Gasteiger partial charge in [0.2, 0.25) is 6.79 Å². The van der Waals surface area contributed by atoms with Gasteiger partial charge in [0.05, 0.1) is 11.7 Å². The Bertz CT molecular complexity index is 822. The summed E-state index contributed by atoms with van der Waals surface area (Å²) in [5, 5.41) is 20.0. The van der Waals surface area contributed by atoms with Crippen molar-refractivity contribution < 1.29 is 24.5 Å². The number of piperidine rings is 1. The summed E-state index contributed by atoms with van der Waals surface area (Å²) < 4.78 is 10.8. The molecule has 2 aliphatic heterocycles. The number of nitrogens with zero attached hydrogens (tertiary/aromatic N) is 1. The summed E-state index contributed by atoms with van der Waals surface area (Å²) >= 11 is 0. The molecule has 0 saturated carbocycles. The van der Waals surface area contributed by atoms with E-state index in [0.29, 0.717) is 18.7 Å². The quantitative estimate of drug-likeness (QED) is 0.877. The summed E-state index contributed by atoms with van der Waals surface area (Å²) in [5.41, 5.74) is 2.14. The minimum Gasteiger partial charge on any atom is -0.478 e. The maximum absolute atomic E-state index is 11.4. The molecule has 0 radical (unpaired) electrons. The van der Waals surface area contributed by atoms with E-state index in [0.717, 1.165) is 35.6 Å². The Hall–Kier alpha value is -2.57. The summed E-state index contributed by atoms with van der Waals surface area (Å²) in [5.74, 6) is 0.588. The summed E-state index contributed by atoms with van der Waals surface area (Å²) in [6.07, 6.45) is 0.289. The van der Waals surface area contributed by atoms with Crippen LogP contribution in [-0.4, -0.2) is 47.1 Å². The van der Waals surface area contributed by atoms with Gasteiger partial charge in [-0.25, -0.2) is 4.79 Å². The number of aromatic carboxylic acids is 1. The topological polar surface area (TPSA) is 79.2 Å². The molecule has 1 fully saturated rings. The van der Waals surface area contributed by atoms with Crippen molar-refractivity contribution in [1.29, 1.82) is 0 Å². The largest absolute Gasteiger partial charge is 0.478 e. The second kappa shape index (κ2) is 6.97. The van der Waals surface area contributed by atoms with Gasteiger partial charge in [0.25, 0.3) is 0 Å². The highest BCUT2D eigenvalue weighted by Gasteiger charge is 2.30. The Morgan fingerprint density at radius 2 is 1.96 bits per heavy atom. The third kappa shape index (κ3) is 3.25. The zero-order valence-corrected chi connectivity index (χ0v) is 14.3. The Morgan fingerprint density at radius 1 is 1.15 bits per heavy atom. The Balaban J connectivity index is 1.45. The summed E-state index contributed by atoms with van der Waals surface area (Å²) in [6.45, 7) is 2.06. The molecule has 2 aliphatic rings. The first-order valence-electron chi connectivity index (χ1n) is 8.73. The minimum absolute atomic E-state index is 0.0375. The van der Waals surface area contributed by atoms with Crippen molar-refractivity contribution >= 4 is 5.97 Å². The van der Waals surface area contributed by atoms with Gasteiger partial charge in [-0.05, 0) is 42.3 Å². The average molecular weight is 355 g/mol. The molecule has 4 rings (SSSR count). The Morgan fingerprint density at radius 3 is 2.77 bits per heavy atom. The van der Waals surface area contributed by atoms with Crippen molar-refractivity contribution in [3.05, 3.63) is 59.2 Å². The van der Waals surface area contributed by atoms with E-state index in [2.05, 4.69) is 4.90 Å². The van der Waals surface area contributed by atoms with Crippen LogP contribution in [0.3, 0.4) is 0 Å². The maximum Gasteiger partial charge on any atom is 0.336 e. The van der Waals surface area contributed by atoms with E-state index in [1.807, 2.05) is 30.3 Å². The number of β-amino-alcohol motifs (C(OH)–C–C–N with tert-alkyl or cyclic N) is 1. The fourth-order valence-corrected chi connectivity index (χ4v) is 3.78. The third-order valence-corrected chi connectivity index (χ3v) is 5.13. The lowest BCUT2D eigenvalue weighted by atomic mass is 9.86. The van der Waals surface area contributed by atoms with Crippen molar-refractivity contribution in [2.75, 3.05) is 19.9 Å². The Kier molecular flexibility index (Phi) is 4.53. The van der Waals surface area contributed by atoms with E-state index in [1.54, 1.807) is 12.1 Å². The van der Waals surface area contributed by atoms with Gasteiger partial charge in [0.1, 0.15) is 0 Å². The molecule has 2 aromatic carbocycles. The van der Waals surface area contributed by atoms with Crippen LogP contribution in [0.5, 0.6) is 11.5 Å². The average Bonchev–Trinajstić information content (AvgIpc) is 3.10. The molecule has 1 saturated heterocycles. The fourth-order valence-electron chi connectivity index (χ4n) is 3.78. The van der Waals surface area contributed by atoms with Crippen LogP contribution >= 0.6 is 0 Å². The number of likely N-dealkylation sites (tertiary alicyclic amines) is 1. The fraction of sp³-hybridized carbons (Fsp3) is 0.350. The lowest BCUT2D eigenvalue weighted by Gasteiger charge is -2.36. The van der Waals surface area contributed by atoms with Crippen molar-refractivity contribution in [3.8, 4) is 11.5 Å². The number of aliphatic hydroxyl groups excluding tert-OH is 1. The number of hydrogen-bond acceptors (Lipinski definition) is 5. The molecule has 2 N–H and O–H groups in total. The monoisotopic (exact) mass is 355 g/mol. The Labute approximate surface area is 151 Å². The SMILES string of the molecule is O=C(O)c1ccccc1CN1CC[C@@H](c2ccc3c(c2)OCO3)[C@H](O)C1. The van der Waals surface area contributed by atoms with Crippen LogP contribution in [0.4, 0.5) is 0 Å². The number of carbonyl (C=O) groups is 1. The van der Waals surface area contributed by atoms with Crippen LogP contribution in [0, 0.1) is 0 Å². The van der Waals surface area contributed by atoms with Gasteiger partial charge >= 0.3 is 5.97 Å². The van der Waals surface area contributed by atoms with Crippen LogP contribution in [-0.2, 0) is 6.54 Å². The number of ether oxygens (including phenoxy) is 2. The lowest BCUT2D eigenvalue weighted by Crippen LogP contribution is -2.42. The molecule has 0 bridgehead atoms. The van der Waals surface area contributed by atoms with E-state index in [1.165, 1.54) is 0 Å². The standard InChI is InChI=1S/C20H21NO5/c22-17-11-21(10-14-3-1-2-4-16(14)20(23)24)8-7-15(17)13-5-6-18-19(9-13)26-12-25-18/h1-6,9,15,17,22H,7-8,10-12H2,(H,23,24)/t15-,17+/m0/s1. The molecule has 136 valence electrons. The number of benzene rings is 2. The zero-order valence-electron chi connectivity index (χ0n) is 14.3. The molecule has 2 atom stereocenters. The van der Waals surface area contributed by atoms with E-state index in [4.69, 9.17) is 9.47 Å². The van der Waals surface area contributed by atoms with E-state index < -0.39 is 12.1 Å². The number of hydrogen-bond donors (Lipinski definition) is 2. The van der Waals surface area contributed by atoms with E-state index >= 15 is 0 Å². The summed E-state index contributed by atoms with van der Waals surface area (Å²) in [4.78, 5) is 13.5. The van der Waals surface area contributed by atoms with Crippen molar-refractivity contribution in [2.45, 2.75) is 25.0 Å². The normalized spacial score (nSPS) is 22.3. The van der Waals surface area contributed by atoms with Crippen LogP contribution in [0.25, 0.3) is 0 Å². The molecular weight excluding hydrogens is 334 g/mol. The second-order valence-electron chi connectivity index (χ2n) is 6.77. The predicted molar refractivity (Wildman–Crippen MR) is 94.6 cm³/mol. The molecule has 6 nitrogen and oxygen atoms in total.